The number of thioether (sulfide) groups is 1. The van der Waals surface area contributed by atoms with Crippen LogP contribution in [0, 0.1) is 5.82 Å². The molecule has 21 heavy (non-hydrogen) atoms. The normalized spacial score (nSPS) is 11.5. The molecule has 1 nitrogen and oxygen atoms in total. The third kappa shape index (κ3) is 3.91. The molecule has 2 rings (SSSR count). The molecular weight excluding hydrogens is 302 g/mol. The lowest BCUT2D eigenvalue weighted by Crippen LogP contribution is -2.12. The Morgan fingerprint density at radius 2 is 1.81 bits per heavy atom. The predicted octanol–water partition coefficient (Wildman–Crippen LogP) is 5.18. The zero-order valence-electron chi connectivity index (χ0n) is 11.2. The first-order valence-electron chi connectivity index (χ1n) is 6.14. The van der Waals surface area contributed by atoms with Gasteiger partial charge in [-0.3, -0.25) is 0 Å². The Morgan fingerprint density at radius 3 is 2.48 bits per heavy atom. The summed E-state index contributed by atoms with van der Waals surface area (Å²) in [5.41, 5.74) is -0.182. The SMILES string of the molecule is CSc1ccccc1NCc1ccc(F)cc1C(F)(F)F. The fourth-order valence-corrected chi connectivity index (χ4v) is 2.52. The van der Waals surface area contributed by atoms with E-state index in [4.69, 9.17) is 0 Å². The van der Waals surface area contributed by atoms with E-state index in [1.54, 1.807) is 12.1 Å². The summed E-state index contributed by atoms with van der Waals surface area (Å²) in [5, 5.41) is 2.97. The Hall–Kier alpha value is -1.69. The number of para-hydroxylation sites is 1. The summed E-state index contributed by atoms with van der Waals surface area (Å²) < 4.78 is 51.7. The maximum Gasteiger partial charge on any atom is 0.416 e. The predicted molar refractivity (Wildman–Crippen MR) is 77.0 cm³/mol. The lowest BCUT2D eigenvalue weighted by atomic mass is 10.1. The van der Waals surface area contributed by atoms with Gasteiger partial charge >= 0.3 is 6.18 Å². The van der Waals surface area contributed by atoms with Crippen molar-refractivity contribution in [3.63, 3.8) is 0 Å². The molecule has 2 aromatic rings. The molecular formula is C15H13F4NS. The highest BCUT2D eigenvalue weighted by Gasteiger charge is 2.33. The van der Waals surface area contributed by atoms with Gasteiger partial charge in [-0.25, -0.2) is 4.39 Å². The number of benzene rings is 2. The summed E-state index contributed by atoms with van der Waals surface area (Å²) >= 11 is 1.50. The maximum atomic E-state index is 13.0. The molecule has 0 bridgehead atoms. The van der Waals surface area contributed by atoms with Crippen LogP contribution in [0.3, 0.4) is 0 Å². The van der Waals surface area contributed by atoms with Crippen molar-refractivity contribution >= 4 is 17.4 Å². The largest absolute Gasteiger partial charge is 0.416 e. The van der Waals surface area contributed by atoms with Crippen molar-refractivity contribution in [2.75, 3.05) is 11.6 Å². The highest BCUT2D eigenvalue weighted by Crippen LogP contribution is 2.33. The Kier molecular flexibility index (Phi) is 4.77. The van der Waals surface area contributed by atoms with Crippen molar-refractivity contribution in [2.45, 2.75) is 17.6 Å². The Bertz CT molecular complexity index is 625. The molecule has 0 spiro atoms. The van der Waals surface area contributed by atoms with Crippen LogP contribution in [0.25, 0.3) is 0 Å². The third-order valence-corrected chi connectivity index (χ3v) is 3.75. The van der Waals surface area contributed by atoms with Crippen molar-refractivity contribution in [2.24, 2.45) is 0 Å². The van der Waals surface area contributed by atoms with Crippen LogP contribution in [-0.2, 0) is 12.7 Å². The van der Waals surface area contributed by atoms with E-state index < -0.39 is 17.6 Å². The number of anilines is 1. The lowest BCUT2D eigenvalue weighted by Gasteiger charge is -2.15. The Balaban J connectivity index is 2.24. The average Bonchev–Trinajstić information content (AvgIpc) is 2.45. The van der Waals surface area contributed by atoms with Crippen LogP contribution in [0.4, 0.5) is 23.2 Å². The van der Waals surface area contributed by atoms with Crippen LogP contribution >= 0.6 is 11.8 Å². The van der Waals surface area contributed by atoms with Gasteiger partial charge in [0.1, 0.15) is 5.82 Å². The number of rotatable bonds is 4. The van der Waals surface area contributed by atoms with Gasteiger partial charge in [0, 0.05) is 17.1 Å². The summed E-state index contributed by atoms with van der Waals surface area (Å²) in [6, 6.07) is 10.1. The zero-order chi connectivity index (χ0) is 15.5. The van der Waals surface area contributed by atoms with E-state index >= 15 is 0 Å². The number of hydrogen-bond donors (Lipinski definition) is 1. The first-order chi connectivity index (χ1) is 9.91. The van der Waals surface area contributed by atoms with Gasteiger partial charge in [0.2, 0.25) is 0 Å². The van der Waals surface area contributed by atoms with Gasteiger partial charge in [0.05, 0.1) is 5.56 Å². The summed E-state index contributed by atoms with van der Waals surface area (Å²) in [6.45, 7) is -0.0211. The molecule has 0 radical (unpaired) electrons. The first-order valence-corrected chi connectivity index (χ1v) is 7.37. The highest BCUT2D eigenvalue weighted by atomic mass is 32.2. The first kappa shape index (κ1) is 15.7. The van der Waals surface area contributed by atoms with Crippen LogP contribution in [-0.4, -0.2) is 6.26 Å². The smallest absolute Gasteiger partial charge is 0.380 e. The monoisotopic (exact) mass is 315 g/mol. The van der Waals surface area contributed by atoms with E-state index in [1.807, 2.05) is 18.4 Å². The number of alkyl halides is 3. The summed E-state index contributed by atoms with van der Waals surface area (Å²) in [6.07, 6.45) is -2.68. The molecule has 2 aromatic carbocycles. The fourth-order valence-electron chi connectivity index (χ4n) is 1.95. The molecule has 0 atom stereocenters. The van der Waals surface area contributed by atoms with Crippen molar-refractivity contribution in [1.29, 1.82) is 0 Å². The molecule has 0 fully saturated rings. The van der Waals surface area contributed by atoms with Crippen molar-refractivity contribution in [3.05, 3.63) is 59.4 Å². The van der Waals surface area contributed by atoms with E-state index in [0.717, 1.165) is 22.7 Å². The molecule has 0 unspecified atom stereocenters. The molecule has 6 heteroatoms. The van der Waals surface area contributed by atoms with Gasteiger partial charge in [0.25, 0.3) is 0 Å². The van der Waals surface area contributed by atoms with Gasteiger partial charge in [0.15, 0.2) is 0 Å². The second-order valence-corrected chi connectivity index (χ2v) is 5.20. The average molecular weight is 315 g/mol. The van der Waals surface area contributed by atoms with Gasteiger partial charge in [-0.15, -0.1) is 11.8 Å². The third-order valence-electron chi connectivity index (χ3n) is 2.95. The molecule has 1 N–H and O–H groups in total. The topological polar surface area (TPSA) is 12.0 Å². The van der Waals surface area contributed by atoms with Crippen molar-refractivity contribution < 1.29 is 17.6 Å². The molecule has 0 saturated heterocycles. The molecule has 0 saturated carbocycles. The molecule has 0 aromatic heterocycles. The molecule has 0 amide bonds. The van der Waals surface area contributed by atoms with Crippen LogP contribution in [0.2, 0.25) is 0 Å². The zero-order valence-corrected chi connectivity index (χ0v) is 12.0. The summed E-state index contributed by atoms with van der Waals surface area (Å²) in [4.78, 5) is 0.938. The summed E-state index contributed by atoms with van der Waals surface area (Å²) in [5.74, 6) is -0.893. The van der Waals surface area contributed by atoms with Crippen LogP contribution in [0.5, 0.6) is 0 Å². The van der Waals surface area contributed by atoms with Crippen molar-refractivity contribution in [3.8, 4) is 0 Å². The van der Waals surface area contributed by atoms with E-state index in [9.17, 15) is 17.6 Å². The van der Waals surface area contributed by atoms with Crippen molar-refractivity contribution in [1.82, 2.24) is 0 Å². The molecule has 0 aliphatic heterocycles. The minimum Gasteiger partial charge on any atom is -0.380 e. The molecule has 0 aliphatic carbocycles. The van der Waals surface area contributed by atoms with Crippen LogP contribution in [0.15, 0.2) is 47.4 Å². The minimum atomic E-state index is -4.57. The second-order valence-electron chi connectivity index (χ2n) is 4.35. The molecule has 0 heterocycles. The van der Waals surface area contributed by atoms with Crippen LogP contribution < -0.4 is 5.32 Å². The quantitative estimate of drug-likeness (QED) is 0.616. The second kappa shape index (κ2) is 6.39. The van der Waals surface area contributed by atoms with Gasteiger partial charge in [-0.05, 0) is 36.1 Å². The van der Waals surface area contributed by atoms with Gasteiger partial charge in [-0.2, -0.15) is 13.2 Å². The maximum absolute atomic E-state index is 13.0. The minimum absolute atomic E-state index is 0.0137. The molecule has 112 valence electrons. The van der Waals surface area contributed by atoms with E-state index in [-0.39, 0.29) is 12.1 Å². The molecule has 0 aliphatic rings. The number of halogens is 4. The van der Waals surface area contributed by atoms with E-state index in [2.05, 4.69) is 5.32 Å². The Labute approximate surface area is 124 Å². The van der Waals surface area contributed by atoms with Crippen LogP contribution in [0.1, 0.15) is 11.1 Å². The Morgan fingerprint density at radius 1 is 1.10 bits per heavy atom. The standard InChI is InChI=1S/C15H13F4NS/c1-21-14-5-3-2-4-13(14)20-9-10-6-7-11(16)8-12(10)15(17,18)19/h2-8,20H,9H2,1H3. The van der Waals surface area contributed by atoms with Gasteiger partial charge in [-0.1, -0.05) is 18.2 Å². The highest BCUT2D eigenvalue weighted by molar-refractivity contribution is 7.98. The lowest BCUT2D eigenvalue weighted by molar-refractivity contribution is -0.138. The fraction of sp³-hybridized carbons (Fsp3) is 0.200. The summed E-state index contributed by atoms with van der Waals surface area (Å²) in [7, 11) is 0. The van der Waals surface area contributed by atoms with Gasteiger partial charge < -0.3 is 5.32 Å². The number of nitrogens with one attached hydrogen (secondary N) is 1. The number of hydrogen-bond acceptors (Lipinski definition) is 2. The van der Waals surface area contributed by atoms with E-state index in [0.29, 0.717) is 6.07 Å². The van der Waals surface area contributed by atoms with E-state index in [1.165, 1.54) is 11.8 Å².